The van der Waals surface area contributed by atoms with Crippen molar-refractivity contribution in [2.45, 2.75) is 40.2 Å². The van der Waals surface area contributed by atoms with Crippen molar-refractivity contribution in [1.82, 2.24) is 0 Å². The molecule has 0 aliphatic rings. The summed E-state index contributed by atoms with van der Waals surface area (Å²) < 4.78 is 31.3. The molecule has 162 valence electrons. The Balaban J connectivity index is 2.39. The van der Waals surface area contributed by atoms with Gasteiger partial charge in [0, 0.05) is 5.69 Å². The second-order valence-electron chi connectivity index (χ2n) is 7.06. The molecule has 0 saturated carbocycles. The molecule has 7 nitrogen and oxygen atoms in total. The topological polar surface area (TPSA) is 92.8 Å². The average Bonchev–Trinajstić information content (AvgIpc) is 2.66. The van der Waals surface area contributed by atoms with E-state index >= 15 is 0 Å². The fourth-order valence-corrected chi connectivity index (χ4v) is 4.34. The van der Waals surface area contributed by atoms with Crippen molar-refractivity contribution in [3.8, 4) is 0 Å². The number of benzene rings is 2. The first-order valence-electron chi connectivity index (χ1n) is 9.73. The van der Waals surface area contributed by atoms with E-state index in [1.165, 1.54) is 6.07 Å². The van der Waals surface area contributed by atoms with Crippen LogP contribution in [0.2, 0.25) is 0 Å². The number of carbonyl (C=O) groups excluding carboxylic acids is 2. The summed E-state index contributed by atoms with van der Waals surface area (Å²) in [6.45, 7) is 7.35. The molecule has 0 aliphatic carbocycles. The summed E-state index contributed by atoms with van der Waals surface area (Å²) >= 11 is 0. The third-order valence-electron chi connectivity index (χ3n) is 4.59. The van der Waals surface area contributed by atoms with Crippen LogP contribution in [0.5, 0.6) is 0 Å². The number of ether oxygens (including phenoxy) is 1. The summed E-state index contributed by atoms with van der Waals surface area (Å²) in [5, 5.41) is 2.78. The highest BCUT2D eigenvalue weighted by atomic mass is 32.2. The lowest BCUT2D eigenvalue weighted by atomic mass is 10.1. The van der Waals surface area contributed by atoms with Gasteiger partial charge in [-0.15, -0.1) is 0 Å². The summed E-state index contributed by atoms with van der Waals surface area (Å²) in [6.07, 6.45) is 1.35. The minimum Gasteiger partial charge on any atom is -0.462 e. The van der Waals surface area contributed by atoms with Crippen molar-refractivity contribution in [2.75, 3.05) is 22.5 Å². The number of aryl methyl sites for hydroxylation is 2. The highest BCUT2D eigenvalue weighted by Gasteiger charge is 2.31. The van der Waals surface area contributed by atoms with Crippen molar-refractivity contribution < 1.29 is 22.7 Å². The Morgan fingerprint density at radius 3 is 2.37 bits per heavy atom. The van der Waals surface area contributed by atoms with Gasteiger partial charge in [0.1, 0.15) is 6.04 Å². The van der Waals surface area contributed by atoms with Gasteiger partial charge in [-0.3, -0.25) is 9.10 Å². The molecular formula is C22H28N2O5S. The predicted octanol–water partition coefficient (Wildman–Crippen LogP) is 3.66. The first kappa shape index (κ1) is 23.4. The number of amides is 1. The molecule has 0 fully saturated rings. The Labute approximate surface area is 178 Å². The Morgan fingerprint density at radius 1 is 1.10 bits per heavy atom. The molecule has 2 aromatic rings. The summed E-state index contributed by atoms with van der Waals surface area (Å²) in [4.78, 5) is 25.1. The van der Waals surface area contributed by atoms with E-state index in [9.17, 15) is 18.0 Å². The highest BCUT2D eigenvalue weighted by Crippen LogP contribution is 2.25. The Bertz CT molecular complexity index is 1030. The molecule has 0 unspecified atom stereocenters. The van der Waals surface area contributed by atoms with E-state index < -0.39 is 27.9 Å². The number of esters is 1. The van der Waals surface area contributed by atoms with E-state index in [1.54, 1.807) is 51.1 Å². The van der Waals surface area contributed by atoms with Crippen molar-refractivity contribution in [3.63, 3.8) is 0 Å². The number of sulfonamides is 1. The summed E-state index contributed by atoms with van der Waals surface area (Å²) in [7, 11) is -3.72. The average molecular weight is 433 g/mol. The van der Waals surface area contributed by atoms with Gasteiger partial charge in [0.25, 0.3) is 0 Å². The Morgan fingerprint density at radius 2 is 1.80 bits per heavy atom. The van der Waals surface area contributed by atoms with Crippen LogP contribution in [0.3, 0.4) is 0 Å². The predicted molar refractivity (Wildman–Crippen MR) is 118 cm³/mol. The lowest BCUT2D eigenvalue weighted by Gasteiger charge is -2.30. The first-order chi connectivity index (χ1) is 14.1. The van der Waals surface area contributed by atoms with Gasteiger partial charge in [-0.2, -0.15) is 0 Å². The maximum atomic E-state index is 13.1. The minimum absolute atomic E-state index is 0.242. The number of nitrogens with zero attached hydrogens (tertiary/aromatic N) is 1. The summed E-state index contributed by atoms with van der Waals surface area (Å²) in [5.74, 6) is -0.967. The summed E-state index contributed by atoms with van der Waals surface area (Å²) in [5.41, 5.74) is 2.80. The van der Waals surface area contributed by atoms with Gasteiger partial charge in [0.05, 0.1) is 24.1 Å². The van der Waals surface area contributed by atoms with Gasteiger partial charge in [0.15, 0.2) is 0 Å². The first-order valence-corrected chi connectivity index (χ1v) is 11.6. The quantitative estimate of drug-likeness (QED) is 0.643. The van der Waals surface area contributed by atoms with Crippen LogP contribution >= 0.6 is 0 Å². The van der Waals surface area contributed by atoms with Crippen LogP contribution in [0.4, 0.5) is 11.4 Å². The monoisotopic (exact) mass is 432 g/mol. The van der Waals surface area contributed by atoms with Crippen LogP contribution in [0.1, 0.15) is 41.8 Å². The molecule has 0 aromatic heterocycles. The van der Waals surface area contributed by atoms with E-state index in [1.807, 2.05) is 13.0 Å². The number of nitrogens with one attached hydrogen (secondary N) is 1. The maximum absolute atomic E-state index is 13.1. The molecule has 0 aliphatic heterocycles. The van der Waals surface area contributed by atoms with Crippen LogP contribution in [0, 0.1) is 13.8 Å². The minimum atomic E-state index is -3.72. The zero-order valence-electron chi connectivity index (χ0n) is 17.9. The fourth-order valence-electron chi connectivity index (χ4n) is 3.14. The molecule has 1 atom stereocenters. The molecule has 1 N–H and O–H groups in total. The lowest BCUT2D eigenvalue weighted by Crippen LogP contribution is -2.47. The van der Waals surface area contributed by atoms with Crippen LogP contribution in [0.25, 0.3) is 0 Å². The zero-order chi connectivity index (χ0) is 22.5. The second-order valence-corrected chi connectivity index (χ2v) is 8.92. The molecule has 30 heavy (non-hydrogen) atoms. The van der Waals surface area contributed by atoms with Crippen LogP contribution in [-0.4, -0.2) is 39.2 Å². The van der Waals surface area contributed by atoms with Gasteiger partial charge in [-0.1, -0.05) is 25.1 Å². The number of carbonyl (C=O) groups is 2. The van der Waals surface area contributed by atoms with E-state index in [2.05, 4.69) is 5.32 Å². The lowest BCUT2D eigenvalue weighted by molar-refractivity contribution is -0.117. The van der Waals surface area contributed by atoms with Gasteiger partial charge in [-0.25, -0.2) is 13.2 Å². The van der Waals surface area contributed by atoms with Gasteiger partial charge < -0.3 is 10.1 Å². The molecule has 0 spiro atoms. The van der Waals surface area contributed by atoms with Gasteiger partial charge >= 0.3 is 5.97 Å². The zero-order valence-corrected chi connectivity index (χ0v) is 18.7. The number of rotatable bonds is 8. The van der Waals surface area contributed by atoms with Gasteiger partial charge in [0.2, 0.25) is 15.9 Å². The number of hydrogen-bond donors (Lipinski definition) is 1. The standard InChI is InChI=1S/C22H28N2O5S/c1-6-20(24(30(5,27)28)18-10-8-9-15(3)13-18)21(25)23-19-14-17(12-11-16(19)4)22(26)29-7-2/h8-14,20H,6-7H2,1-5H3,(H,23,25)/t20-/m0/s1. The highest BCUT2D eigenvalue weighted by molar-refractivity contribution is 7.92. The molecule has 2 rings (SSSR count). The molecule has 8 heteroatoms. The van der Waals surface area contributed by atoms with Gasteiger partial charge in [-0.05, 0) is 62.6 Å². The van der Waals surface area contributed by atoms with E-state index in [0.29, 0.717) is 16.9 Å². The van der Waals surface area contributed by atoms with Crippen LogP contribution in [0.15, 0.2) is 42.5 Å². The molecule has 2 aromatic carbocycles. The maximum Gasteiger partial charge on any atom is 0.338 e. The molecule has 0 saturated heterocycles. The second kappa shape index (κ2) is 9.75. The van der Waals surface area contributed by atoms with Crippen molar-refractivity contribution in [3.05, 3.63) is 59.2 Å². The number of hydrogen-bond acceptors (Lipinski definition) is 5. The number of anilines is 2. The smallest absolute Gasteiger partial charge is 0.338 e. The van der Waals surface area contributed by atoms with E-state index in [-0.39, 0.29) is 13.0 Å². The fraction of sp³-hybridized carbons (Fsp3) is 0.364. The molecule has 0 heterocycles. The molecular weight excluding hydrogens is 404 g/mol. The molecule has 0 bridgehead atoms. The van der Waals surface area contributed by atoms with Crippen LogP contribution < -0.4 is 9.62 Å². The van der Waals surface area contributed by atoms with Crippen molar-refractivity contribution in [2.24, 2.45) is 0 Å². The third-order valence-corrected chi connectivity index (χ3v) is 5.77. The van der Waals surface area contributed by atoms with Crippen molar-refractivity contribution in [1.29, 1.82) is 0 Å². The summed E-state index contributed by atoms with van der Waals surface area (Å²) in [6, 6.07) is 10.9. The largest absolute Gasteiger partial charge is 0.462 e. The molecule has 0 radical (unpaired) electrons. The Kier molecular flexibility index (Phi) is 7.61. The normalized spacial score (nSPS) is 12.2. The van der Waals surface area contributed by atoms with E-state index in [0.717, 1.165) is 21.7 Å². The van der Waals surface area contributed by atoms with E-state index in [4.69, 9.17) is 4.74 Å². The molecule has 1 amide bonds. The Hall–Kier alpha value is -2.87. The van der Waals surface area contributed by atoms with Crippen LogP contribution in [-0.2, 0) is 19.6 Å². The third kappa shape index (κ3) is 5.60. The van der Waals surface area contributed by atoms with Crippen molar-refractivity contribution >= 4 is 33.3 Å². The SMILES string of the molecule is CCOC(=O)c1ccc(C)c(NC(=O)[C@H](CC)N(c2cccc(C)c2)S(C)(=O)=O)c1.